The second-order valence-electron chi connectivity index (χ2n) is 9.98. The summed E-state index contributed by atoms with van der Waals surface area (Å²) in [5.41, 5.74) is 3.16. The van der Waals surface area contributed by atoms with Crippen LogP contribution in [0.5, 0.6) is 11.5 Å². The first-order valence-corrected chi connectivity index (χ1v) is 13.3. The summed E-state index contributed by atoms with van der Waals surface area (Å²) >= 11 is 0. The van der Waals surface area contributed by atoms with Crippen LogP contribution < -0.4 is 14.8 Å². The summed E-state index contributed by atoms with van der Waals surface area (Å²) in [7, 11) is 1.62. The standard InChI is InChI=1S/C32H40N2O4/c1-24(2)22-33-32(36)30(21-26-9-6-5-7-10-26)34(23-27-14-12-25(3)13-15-27)31(35)11-8-20-38-29-18-16-28(37-4)17-19-29/h5-7,9-10,12-19,24,30H,8,11,20-23H2,1-4H3,(H,33,36). The van der Waals surface area contributed by atoms with Crippen molar-refractivity contribution in [2.24, 2.45) is 5.92 Å². The van der Waals surface area contributed by atoms with Crippen molar-refractivity contribution in [2.75, 3.05) is 20.3 Å². The van der Waals surface area contributed by atoms with Crippen molar-refractivity contribution in [3.63, 3.8) is 0 Å². The lowest BCUT2D eigenvalue weighted by molar-refractivity contribution is -0.141. The molecule has 202 valence electrons. The molecule has 0 aliphatic carbocycles. The fourth-order valence-corrected chi connectivity index (χ4v) is 4.10. The average molecular weight is 517 g/mol. The molecule has 3 rings (SSSR count). The monoisotopic (exact) mass is 516 g/mol. The Morgan fingerprint density at radius 3 is 2.16 bits per heavy atom. The lowest BCUT2D eigenvalue weighted by atomic mass is 10.0. The van der Waals surface area contributed by atoms with Crippen molar-refractivity contribution in [1.29, 1.82) is 0 Å². The maximum atomic E-state index is 13.7. The van der Waals surface area contributed by atoms with E-state index in [9.17, 15) is 9.59 Å². The highest BCUT2D eigenvalue weighted by Crippen LogP contribution is 2.19. The van der Waals surface area contributed by atoms with Gasteiger partial charge in [-0.25, -0.2) is 0 Å². The molecule has 0 aliphatic heterocycles. The highest BCUT2D eigenvalue weighted by atomic mass is 16.5. The fraction of sp³-hybridized carbons (Fsp3) is 0.375. The Kier molecular flexibility index (Phi) is 11.2. The van der Waals surface area contributed by atoms with Gasteiger partial charge < -0.3 is 19.7 Å². The first-order valence-electron chi connectivity index (χ1n) is 13.3. The zero-order chi connectivity index (χ0) is 27.3. The number of methoxy groups -OCH3 is 1. The van der Waals surface area contributed by atoms with E-state index in [1.54, 1.807) is 12.0 Å². The highest BCUT2D eigenvalue weighted by Gasteiger charge is 2.30. The number of hydrogen-bond donors (Lipinski definition) is 1. The van der Waals surface area contributed by atoms with E-state index >= 15 is 0 Å². The molecular weight excluding hydrogens is 476 g/mol. The molecule has 3 aromatic carbocycles. The number of nitrogens with zero attached hydrogens (tertiary/aromatic N) is 1. The molecule has 6 nitrogen and oxygen atoms in total. The molecule has 0 saturated heterocycles. The third-order valence-electron chi connectivity index (χ3n) is 6.29. The van der Waals surface area contributed by atoms with E-state index in [0.29, 0.717) is 38.5 Å². The largest absolute Gasteiger partial charge is 0.497 e. The lowest BCUT2D eigenvalue weighted by Gasteiger charge is -2.32. The van der Waals surface area contributed by atoms with Crippen LogP contribution in [0, 0.1) is 12.8 Å². The molecule has 0 aliphatic rings. The predicted octanol–water partition coefficient (Wildman–Crippen LogP) is 5.57. The van der Waals surface area contributed by atoms with Crippen LogP contribution in [0.25, 0.3) is 0 Å². The van der Waals surface area contributed by atoms with E-state index in [1.165, 1.54) is 0 Å². The van der Waals surface area contributed by atoms with Crippen molar-refractivity contribution in [1.82, 2.24) is 10.2 Å². The molecule has 1 atom stereocenters. The van der Waals surface area contributed by atoms with Crippen molar-refractivity contribution >= 4 is 11.8 Å². The van der Waals surface area contributed by atoms with E-state index in [0.717, 1.165) is 28.2 Å². The maximum Gasteiger partial charge on any atom is 0.243 e. The predicted molar refractivity (Wildman–Crippen MR) is 151 cm³/mol. The van der Waals surface area contributed by atoms with Crippen molar-refractivity contribution in [3.8, 4) is 11.5 Å². The van der Waals surface area contributed by atoms with Gasteiger partial charge in [-0.3, -0.25) is 9.59 Å². The number of nitrogens with one attached hydrogen (secondary N) is 1. The van der Waals surface area contributed by atoms with E-state index in [1.807, 2.05) is 85.8 Å². The van der Waals surface area contributed by atoms with Gasteiger partial charge in [0.2, 0.25) is 11.8 Å². The molecule has 0 radical (unpaired) electrons. The number of aryl methyl sites for hydroxylation is 1. The summed E-state index contributed by atoms with van der Waals surface area (Å²) in [4.78, 5) is 28.9. The average Bonchev–Trinajstić information content (AvgIpc) is 2.93. The van der Waals surface area contributed by atoms with Gasteiger partial charge in [-0.2, -0.15) is 0 Å². The smallest absolute Gasteiger partial charge is 0.243 e. The molecule has 3 aromatic rings. The lowest BCUT2D eigenvalue weighted by Crippen LogP contribution is -2.51. The van der Waals surface area contributed by atoms with Crippen LogP contribution in [-0.2, 0) is 22.6 Å². The second kappa shape index (κ2) is 14.8. The summed E-state index contributed by atoms with van der Waals surface area (Å²) in [6.07, 6.45) is 1.27. The van der Waals surface area contributed by atoms with Crippen LogP contribution in [0.3, 0.4) is 0 Å². The van der Waals surface area contributed by atoms with Gasteiger partial charge in [0.1, 0.15) is 17.5 Å². The number of ether oxygens (including phenoxy) is 2. The third kappa shape index (κ3) is 9.25. The first kappa shape index (κ1) is 28.8. The normalized spacial score (nSPS) is 11.6. The molecule has 1 N–H and O–H groups in total. The van der Waals surface area contributed by atoms with Gasteiger partial charge in [-0.1, -0.05) is 74.0 Å². The Morgan fingerprint density at radius 1 is 0.868 bits per heavy atom. The van der Waals surface area contributed by atoms with Crippen molar-refractivity contribution in [2.45, 2.75) is 52.6 Å². The van der Waals surface area contributed by atoms with Gasteiger partial charge in [0, 0.05) is 25.9 Å². The number of amides is 2. The first-order chi connectivity index (χ1) is 18.4. The van der Waals surface area contributed by atoms with E-state index in [4.69, 9.17) is 9.47 Å². The topological polar surface area (TPSA) is 67.9 Å². The zero-order valence-electron chi connectivity index (χ0n) is 23.0. The summed E-state index contributed by atoms with van der Waals surface area (Å²) in [6, 6.07) is 24.7. The quantitative estimate of drug-likeness (QED) is 0.284. The Bertz CT molecular complexity index is 1130. The molecule has 1 unspecified atom stereocenters. The minimum Gasteiger partial charge on any atom is -0.497 e. The molecule has 0 heterocycles. The van der Waals surface area contributed by atoms with Gasteiger partial charge in [-0.05, 0) is 54.7 Å². The zero-order valence-corrected chi connectivity index (χ0v) is 23.0. The minimum absolute atomic E-state index is 0.0652. The van der Waals surface area contributed by atoms with Crippen LogP contribution >= 0.6 is 0 Å². The third-order valence-corrected chi connectivity index (χ3v) is 6.29. The molecule has 0 spiro atoms. The molecule has 0 bridgehead atoms. The van der Waals surface area contributed by atoms with Crippen LogP contribution in [0.1, 0.15) is 43.4 Å². The molecule has 6 heteroatoms. The Labute approximate surface area is 227 Å². The molecular formula is C32H40N2O4. The molecule has 2 amide bonds. The maximum absolute atomic E-state index is 13.7. The highest BCUT2D eigenvalue weighted by molar-refractivity contribution is 5.88. The minimum atomic E-state index is -0.618. The van der Waals surface area contributed by atoms with Crippen molar-refractivity contribution < 1.29 is 19.1 Å². The summed E-state index contributed by atoms with van der Waals surface area (Å²) in [5, 5.41) is 3.06. The number of carbonyl (C=O) groups is 2. The summed E-state index contributed by atoms with van der Waals surface area (Å²) in [6.45, 7) is 7.49. The molecule has 0 saturated carbocycles. The molecule has 0 aromatic heterocycles. The van der Waals surface area contributed by atoms with E-state index in [2.05, 4.69) is 19.2 Å². The Hall–Kier alpha value is -3.80. The summed E-state index contributed by atoms with van der Waals surface area (Å²) in [5.74, 6) is 1.61. The van der Waals surface area contributed by atoms with E-state index < -0.39 is 6.04 Å². The van der Waals surface area contributed by atoms with Crippen LogP contribution in [0.2, 0.25) is 0 Å². The fourth-order valence-electron chi connectivity index (χ4n) is 4.10. The van der Waals surface area contributed by atoms with E-state index in [-0.39, 0.29) is 18.2 Å². The van der Waals surface area contributed by atoms with Crippen LogP contribution in [0.15, 0.2) is 78.9 Å². The van der Waals surface area contributed by atoms with Crippen LogP contribution in [0.4, 0.5) is 0 Å². The summed E-state index contributed by atoms with van der Waals surface area (Å²) < 4.78 is 11.0. The van der Waals surface area contributed by atoms with Gasteiger partial charge in [-0.15, -0.1) is 0 Å². The Morgan fingerprint density at radius 2 is 1.53 bits per heavy atom. The van der Waals surface area contributed by atoms with Crippen LogP contribution in [-0.4, -0.2) is 43.0 Å². The van der Waals surface area contributed by atoms with Gasteiger partial charge in [0.15, 0.2) is 0 Å². The number of hydrogen-bond acceptors (Lipinski definition) is 4. The number of rotatable bonds is 14. The van der Waals surface area contributed by atoms with Gasteiger partial charge >= 0.3 is 0 Å². The molecule has 0 fully saturated rings. The molecule has 38 heavy (non-hydrogen) atoms. The SMILES string of the molecule is COc1ccc(OCCCC(=O)N(Cc2ccc(C)cc2)C(Cc2ccccc2)C(=O)NCC(C)C)cc1. The number of benzene rings is 3. The van der Waals surface area contributed by atoms with Gasteiger partial charge in [0.25, 0.3) is 0 Å². The number of carbonyl (C=O) groups excluding carboxylic acids is 2. The Balaban J connectivity index is 1.76. The van der Waals surface area contributed by atoms with Crippen molar-refractivity contribution in [3.05, 3.63) is 95.6 Å². The second-order valence-corrected chi connectivity index (χ2v) is 9.98. The van der Waals surface area contributed by atoms with Gasteiger partial charge in [0.05, 0.1) is 13.7 Å².